The highest BCUT2D eigenvalue weighted by Gasteiger charge is 2.43. The molecule has 0 amide bonds. The monoisotopic (exact) mass is 422 g/mol. The van der Waals surface area contributed by atoms with E-state index >= 15 is 0 Å². The summed E-state index contributed by atoms with van der Waals surface area (Å²) in [7, 11) is 0. The summed E-state index contributed by atoms with van der Waals surface area (Å²) in [6, 6.07) is 11.1. The first-order valence-corrected chi connectivity index (χ1v) is 12.2. The molecule has 0 spiro atoms. The molecule has 0 saturated heterocycles. The molecule has 1 saturated carbocycles. The molecule has 31 heavy (non-hydrogen) atoms. The van der Waals surface area contributed by atoms with Gasteiger partial charge in [-0.1, -0.05) is 62.6 Å². The molecule has 168 valence electrons. The van der Waals surface area contributed by atoms with Gasteiger partial charge < -0.3 is 15.3 Å². The molecule has 0 bridgehead atoms. The van der Waals surface area contributed by atoms with Crippen LogP contribution < -0.4 is 0 Å². The van der Waals surface area contributed by atoms with Crippen LogP contribution in [-0.2, 0) is 25.7 Å². The molecule has 0 heterocycles. The maximum atomic E-state index is 11.0. The molecule has 2 aromatic carbocycles. The van der Waals surface area contributed by atoms with Crippen molar-refractivity contribution in [2.75, 3.05) is 0 Å². The Hall–Kier alpha value is -1.68. The highest BCUT2D eigenvalue weighted by atomic mass is 16.4. The van der Waals surface area contributed by atoms with Gasteiger partial charge in [0, 0.05) is 5.92 Å². The Morgan fingerprint density at radius 1 is 0.903 bits per heavy atom. The van der Waals surface area contributed by atoms with E-state index in [1.807, 2.05) is 0 Å². The van der Waals surface area contributed by atoms with E-state index in [9.17, 15) is 15.3 Å². The van der Waals surface area contributed by atoms with Crippen molar-refractivity contribution in [1.29, 1.82) is 0 Å². The van der Waals surface area contributed by atoms with Crippen LogP contribution in [-0.4, -0.2) is 33.6 Å². The molecule has 5 atom stereocenters. The maximum absolute atomic E-state index is 11.0. The Kier molecular flexibility index (Phi) is 6.86. The summed E-state index contributed by atoms with van der Waals surface area (Å²) in [6.45, 7) is 6.40. The van der Waals surface area contributed by atoms with Gasteiger partial charge in [-0.2, -0.15) is 0 Å². The molecule has 2 aliphatic carbocycles. The molecule has 4 rings (SSSR count). The summed E-state index contributed by atoms with van der Waals surface area (Å²) in [4.78, 5) is 0. The van der Waals surface area contributed by atoms with Crippen LogP contribution in [0.2, 0.25) is 0 Å². The average Bonchev–Trinajstić information content (AvgIpc) is 3.26. The van der Waals surface area contributed by atoms with E-state index in [1.54, 1.807) is 0 Å². The van der Waals surface area contributed by atoms with E-state index in [4.69, 9.17) is 0 Å². The molecule has 0 aliphatic heterocycles. The highest BCUT2D eigenvalue weighted by molar-refractivity contribution is 5.52. The van der Waals surface area contributed by atoms with Gasteiger partial charge in [0.25, 0.3) is 0 Å². The first-order valence-electron chi connectivity index (χ1n) is 12.2. The minimum atomic E-state index is -1.08. The van der Waals surface area contributed by atoms with E-state index in [0.29, 0.717) is 0 Å². The molecule has 3 N–H and O–H groups in total. The summed E-state index contributed by atoms with van der Waals surface area (Å²) in [6.07, 6.45) is 5.16. The van der Waals surface area contributed by atoms with Gasteiger partial charge in [-0.3, -0.25) is 0 Å². The number of rotatable bonds is 6. The largest absolute Gasteiger partial charge is 0.390 e. The summed E-state index contributed by atoms with van der Waals surface area (Å²) in [5.74, 6) is -0.0979. The standard InChI is InChI=1S/C28H38O3/c1-4-7-22-23-9-6-8-21(23)20(14-18-12-10-17(3)11-13-18)16-24(22)25-15-19(5-2)26(29)28(31)27(25)30/h10-13,16,19,25-31H,4-9,14-15H2,1-3H3. The number of hydrogen-bond donors (Lipinski definition) is 3. The van der Waals surface area contributed by atoms with Crippen LogP contribution in [0.5, 0.6) is 0 Å². The third-order valence-electron chi connectivity index (χ3n) is 7.74. The molecule has 2 aromatic rings. The number of aliphatic hydroxyl groups excluding tert-OH is 3. The second-order valence-electron chi connectivity index (χ2n) is 9.81. The third kappa shape index (κ3) is 4.33. The lowest BCUT2D eigenvalue weighted by Gasteiger charge is -2.41. The van der Waals surface area contributed by atoms with Crippen molar-refractivity contribution in [3.63, 3.8) is 0 Å². The Morgan fingerprint density at radius 2 is 1.61 bits per heavy atom. The summed E-state index contributed by atoms with van der Waals surface area (Å²) in [5.41, 5.74) is 9.63. The number of aryl methyl sites for hydroxylation is 1. The molecule has 3 nitrogen and oxygen atoms in total. The zero-order valence-corrected chi connectivity index (χ0v) is 19.3. The number of hydrogen-bond acceptors (Lipinski definition) is 3. The van der Waals surface area contributed by atoms with Crippen LogP contribution >= 0.6 is 0 Å². The molecule has 0 radical (unpaired) electrons. The molecular formula is C28H38O3. The lowest BCUT2D eigenvalue weighted by molar-refractivity contribution is -0.120. The number of fused-ring (bicyclic) bond motifs is 1. The van der Waals surface area contributed by atoms with Crippen LogP contribution in [0.25, 0.3) is 0 Å². The van der Waals surface area contributed by atoms with Crippen molar-refractivity contribution in [1.82, 2.24) is 0 Å². The fraction of sp³-hybridized carbons (Fsp3) is 0.571. The van der Waals surface area contributed by atoms with Crippen molar-refractivity contribution in [3.8, 4) is 0 Å². The van der Waals surface area contributed by atoms with Crippen molar-refractivity contribution in [2.24, 2.45) is 5.92 Å². The molecule has 5 unspecified atom stereocenters. The minimum absolute atomic E-state index is 0.0201. The van der Waals surface area contributed by atoms with Crippen LogP contribution in [0.4, 0.5) is 0 Å². The fourth-order valence-electron chi connectivity index (χ4n) is 5.97. The van der Waals surface area contributed by atoms with E-state index in [2.05, 4.69) is 51.1 Å². The van der Waals surface area contributed by atoms with Crippen molar-refractivity contribution < 1.29 is 15.3 Å². The zero-order valence-electron chi connectivity index (χ0n) is 19.3. The Bertz CT molecular complexity index is 899. The molecule has 3 heteroatoms. The molecule has 2 aliphatic rings. The smallest absolute Gasteiger partial charge is 0.107 e. The zero-order chi connectivity index (χ0) is 22.1. The van der Waals surface area contributed by atoms with Gasteiger partial charge >= 0.3 is 0 Å². The van der Waals surface area contributed by atoms with E-state index in [1.165, 1.54) is 45.4 Å². The topological polar surface area (TPSA) is 60.7 Å². The number of aliphatic hydroxyl groups is 3. The van der Waals surface area contributed by atoms with E-state index in [0.717, 1.165) is 44.9 Å². The van der Waals surface area contributed by atoms with Crippen LogP contribution in [0.15, 0.2) is 30.3 Å². The van der Waals surface area contributed by atoms with Crippen molar-refractivity contribution in [3.05, 3.63) is 69.3 Å². The molecule has 1 fully saturated rings. The average molecular weight is 423 g/mol. The molecular weight excluding hydrogens is 384 g/mol. The van der Waals surface area contributed by atoms with Crippen LogP contribution in [0.1, 0.15) is 84.4 Å². The van der Waals surface area contributed by atoms with Gasteiger partial charge in [0.05, 0.1) is 12.2 Å². The van der Waals surface area contributed by atoms with Crippen LogP contribution in [0, 0.1) is 12.8 Å². The Labute approximate surface area is 187 Å². The van der Waals surface area contributed by atoms with E-state index < -0.39 is 18.3 Å². The summed E-state index contributed by atoms with van der Waals surface area (Å²) >= 11 is 0. The first kappa shape index (κ1) is 22.5. The SMILES string of the molecule is CCCc1c(C2CC(CC)C(O)C(O)C2O)cc(Cc2ccc(C)cc2)c2c1CCC2. The lowest BCUT2D eigenvalue weighted by Crippen LogP contribution is -2.50. The number of benzene rings is 2. The van der Waals surface area contributed by atoms with Gasteiger partial charge in [0.1, 0.15) is 6.10 Å². The van der Waals surface area contributed by atoms with Crippen molar-refractivity contribution >= 4 is 0 Å². The van der Waals surface area contributed by atoms with Gasteiger partial charge in [0.2, 0.25) is 0 Å². The van der Waals surface area contributed by atoms with Crippen LogP contribution in [0.3, 0.4) is 0 Å². The third-order valence-corrected chi connectivity index (χ3v) is 7.74. The van der Waals surface area contributed by atoms with Gasteiger partial charge in [-0.15, -0.1) is 0 Å². The predicted octanol–water partition coefficient (Wildman–Crippen LogP) is 4.62. The highest BCUT2D eigenvalue weighted by Crippen LogP contribution is 2.43. The Morgan fingerprint density at radius 3 is 2.29 bits per heavy atom. The minimum Gasteiger partial charge on any atom is -0.390 e. The lowest BCUT2D eigenvalue weighted by atomic mass is 9.70. The summed E-state index contributed by atoms with van der Waals surface area (Å²) < 4.78 is 0. The van der Waals surface area contributed by atoms with Gasteiger partial charge in [-0.25, -0.2) is 0 Å². The molecule has 0 aromatic heterocycles. The quantitative estimate of drug-likeness (QED) is 0.636. The van der Waals surface area contributed by atoms with Crippen molar-refractivity contribution in [2.45, 2.75) is 96.4 Å². The second-order valence-corrected chi connectivity index (χ2v) is 9.81. The fourth-order valence-corrected chi connectivity index (χ4v) is 5.97. The van der Waals surface area contributed by atoms with Gasteiger partial charge in [0.15, 0.2) is 0 Å². The maximum Gasteiger partial charge on any atom is 0.107 e. The van der Waals surface area contributed by atoms with E-state index in [-0.39, 0.29) is 11.8 Å². The second kappa shape index (κ2) is 9.44. The predicted molar refractivity (Wildman–Crippen MR) is 126 cm³/mol. The normalized spacial score (nSPS) is 28.0. The first-order chi connectivity index (χ1) is 14.9. The van der Waals surface area contributed by atoms with Gasteiger partial charge in [-0.05, 0) is 84.7 Å². The summed E-state index contributed by atoms with van der Waals surface area (Å²) in [5, 5.41) is 32.1. The Balaban J connectivity index is 1.79.